The zero-order chi connectivity index (χ0) is 46.0. The topological polar surface area (TPSA) is 0 Å². The van der Waals surface area contributed by atoms with Crippen molar-refractivity contribution >= 4 is 8.80 Å². The van der Waals surface area contributed by atoms with Gasteiger partial charge in [-0.15, -0.1) is 0 Å². The fourth-order valence-corrected chi connectivity index (χ4v) is 13.7. The first-order valence-corrected chi connectivity index (χ1v) is 33.8. The van der Waals surface area contributed by atoms with Crippen LogP contribution in [-0.2, 0) is 0 Å². The second-order valence-corrected chi connectivity index (χ2v) is 25.1. The summed E-state index contributed by atoms with van der Waals surface area (Å²) < 4.78 is 0. The van der Waals surface area contributed by atoms with Gasteiger partial charge in [-0.05, 0) is 0 Å². The van der Waals surface area contributed by atoms with Crippen molar-refractivity contribution in [2.24, 2.45) is 0 Å². The standard InChI is InChI=1S/C63H129Si/c1-4-7-10-13-16-19-22-25-28-31-34-37-40-43-46-49-52-55-58-61-64(62-59-56-53-50-47-44-41-38-35-32-29-26-23-20-17-14-11-8-5-2)63-60-57-54-51-48-45-42-39-36-33-30-27-24-21-18-15-12-9-6-3/h4-63H2,1-3H3. The van der Waals surface area contributed by atoms with Crippen LogP contribution in [0.1, 0.15) is 387 Å². The highest BCUT2D eigenvalue weighted by Crippen LogP contribution is 2.23. The van der Waals surface area contributed by atoms with Crippen LogP contribution in [0, 0.1) is 0 Å². The van der Waals surface area contributed by atoms with Crippen LogP contribution < -0.4 is 0 Å². The molecule has 0 aromatic heterocycles. The molecular formula is C63H129Si. The molecule has 0 heterocycles. The molecule has 64 heavy (non-hydrogen) atoms. The van der Waals surface area contributed by atoms with Crippen molar-refractivity contribution in [1.29, 1.82) is 0 Å². The summed E-state index contributed by atoms with van der Waals surface area (Å²) in [6.07, 6.45) is 85.1. The second kappa shape index (κ2) is 61.2. The molecule has 0 nitrogen and oxygen atoms in total. The van der Waals surface area contributed by atoms with Gasteiger partial charge in [-0.25, -0.2) is 0 Å². The summed E-state index contributed by atoms with van der Waals surface area (Å²) in [4.78, 5) is 0. The van der Waals surface area contributed by atoms with Gasteiger partial charge in [0.1, 0.15) is 0 Å². The van der Waals surface area contributed by atoms with E-state index in [1.807, 2.05) is 0 Å². The minimum absolute atomic E-state index is 0.111. The number of unbranched alkanes of at least 4 members (excludes halogenated alkanes) is 54. The van der Waals surface area contributed by atoms with Gasteiger partial charge in [-0.2, -0.15) is 0 Å². The Labute approximate surface area is 411 Å². The van der Waals surface area contributed by atoms with E-state index in [0.29, 0.717) is 0 Å². The first-order chi connectivity index (χ1) is 31.8. The van der Waals surface area contributed by atoms with E-state index in [1.54, 1.807) is 37.4 Å². The molecule has 0 saturated heterocycles. The molecule has 0 fully saturated rings. The van der Waals surface area contributed by atoms with Crippen molar-refractivity contribution in [3.8, 4) is 0 Å². The van der Waals surface area contributed by atoms with Gasteiger partial charge in [-0.1, -0.05) is 405 Å². The summed E-state index contributed by atoms with van der Waals surface area (Å²) in [6.45, 7) is 6.97. The van der Waals surface area contributed by atoms with Crippen LogP contribution in [0.5, 0.6) is 0 Å². The predicted molar refractivity (Wildman–Crippen MR) is 300 cm³/mol. The molecule has 0 saturated carbocycles. The second-order valence-electron chi connectivity index (χ2n) is 22.1. The monoisotopic (exact) mass is 914 g/mol. The minimum Gasteiger partial charge on any atom is -0.0654 e. The Balaban J connectivity index is 3.97. The van der Waals surface area contributed by atoms with E-state index in [1.165, 1.54) is 347 Å². The fourth-order valence-electron chi connectivity index (χ4n) is 10.7. The smallest absolute Gasteiger partial charge is 0.0479 e. The molecule has 0 aromatic carbocycles. The summed E-state index contributed by atoms with van der Waals surface area (Å²) >= 11 is 0. The molecule has 0 amide bonds. The van der Waals surface area contributed by atoms with E-state index in [9.17, 15) is 0 Å². The van der Waals surface area contributed by atoms with Crippen LogP contribution in [0.25, 0.3) is 0 Å². The van der Waals surface area contributed by atoms with Crippen molar-refractivity contribution in [3.63, 3.8) is 0 Å². The lowest BCUT2D eigenvalue weighted by atomic mass is 10.0. The van der Waals surface area contributed by atoms with Crippen LogP contribution in [0.4, 0.5) is 0 Å². The van der Waals surface area contributed by atoms with E-state index < -0.39 is 0 Å². The average molecular weight is 915 g/mol. The van der Waals surface area contributed by atoms with Gasteiger partial charge in [0.15, 0.2) is 0 Å². The molecule has 0 aliphatic heterocycles. The maximum Gasteiger partial charge on any atom is 0.0479 e. The molecule has 0 bridgehead atoms. The summed E-state index contributed by atoms with van der Waals surface area (Å²) in [5.74, 6) is 0. The zero-order valence-electron chi connectivity index (χ0n) is 45.9. The van der Waals surface area contributed by atoms with E-state index in [0.717, 1.165) is 0 Å². The van der Waals surface area contributed by atoms with E-state index in [4.69, 9.17) is 0 Å². The molecule has 0 rings (SSSR count). The zero-order valence-corrected chi connectivity index (χ0v) is 46.9. The normalized spacial score (nSPS) is 11.8. The number of rotatable bonds is 60. The van der Waals surface area contributed by atoms with Crippen LogP contribution in [0.3, 0.4) is 0 Å². The van der Waals surface area contributed by atoms with Gasteiger partial charge in [-0.3, -0.25) is 0 Å². The summed E-state index contributed by atoms with van der Waals surface area (Å²) in [5.41, 5.74) is 0. The van der Waals surface area contributed by atoms with Gasteiger partial charge < -0.3 is 0 Å². The number of hydrogen-bond donors (Lipinski definition) is 0. The van der Waals surface area contributed by atoms with Crippen molar-refractivity contribution in [2.75, 3.05) is 0 Å². The summed E-state index contributed by atoms with van der Waals surface area (Å²) in [5, 5.41) is 0. The lowest BCUT2D eigenvalue weighted by Gasteiger charge is -2.15. The Kier molecular flexibility index (Phi) is 61.4. The van der Waals surface area contributed by atoms with Crippen molar-refractivity contribution in [1.82, 2.24) is 0 Å². The Morgan fingerprint density at radius 3 is 0.328 bits per heavy atom. The Hall–Kier alpha value is 0.217. The molecule has 385 valence electrons. The maximum atomic E-state index is 2.32. The van der Waals surface area contributed by atoms with E-state index in [2.05, 4.69) is 20.8 Å². The van der Waals surface area contributed by atoms with Crippen molar-refractivity contribution in [2.45, 2.75) is 405 Å². The molecular weight excluding hydrogens is 785 g/mol. The Morgan fingerprint density at radius 1 is 0.125 bits per heavy atom. The Morgan fingerprint density at radius 2 is 0.219 bits per heavy atom. The third kappa shape index (κ3) is 58.3. The summed E-state index contributed by atoms with van der Waals surface area (Å²) in [7, 11) is -0.111. The van der Waals surface area contributed by atoms with Gasteiger partial charge in [0.25, 0.3) is 0 Å². The number of hydrogen-bond acceptors (Lipinski definition) is 0. The first-order valence-electron chi connectivity index (χ1n) is 31.7. The third-order valence-corrected chi connectivity index (χ3v) is 18.6. The quantitative estimate of drug-likeness (QED) is 0.0421. The highest BCUT2D eigenvalue weighted by atomic mass is 28.3. The highest BCUT2D eigenvalue weighted by Gasteiger charge is 2.11. The largest absolute Gasteiger partial charge is 0.0654 e. The molecule has 0 atom stereocenters. The van der Waals surface area contributed by atoms with Crippen LogP contribution in [0.2, 0.25) is 18.1 Å². The fraction of sp³-hybridized carbons (Fsp3) is 1.00. The lowest BCUT2D eigenvalue weighted by molar-refractivity contribution is 0.523. The molecule has 0 aliphatic carbocycles. The average Bonchev–Trinajstić information content (AvgIpc) is 3.30. The third-order valence-electron chi connectivity index (χ3n) is 15.4. The molecule has 0 aliphatic rings. The Bertz CT molecular complexity index is 661. The predicted octanol–water partition coefficient (Wildman–Crippen LogP) is 24.8. The van der Waals surface area contributed by atoms with E-state index in [-0.39, 0.29) is 8.80 Å². The van der Waals surface area contributed by atoms with E-state index >= 15 is 0 Å². The van der Waals surface area contributed by atoms with Gasteiger partial charge in [0.2, 0.25) is 0 Å². The van der Waals surface area contributed by atoms with Gasteiger partial charge in [0.05, 0.1) is 0 Å². The minimum atomic E-state index is -0.111. The molecule has 0 aromatic rings. The van der Waals surface area contributed by atoms with Crippen LogP contribution >= 0.6 is 0 Å². The SMILES string of the molecule is CCCCCCCCCCCCCCCCCCCCC[Si](CCCCCCCCCCCCCCCCCCCCC)CCCCCCCCCCCCCCCCCCCCC. The summed E-state index contributed by atoms with van der Waals surface area (Å²) in [6, 6.07) is 4.92. The molecule has 0 unspecified atom stereocenters. The van der Waals surface area contributed by atoms with Crippen molar-refractivity contribution in [3.05, 3.63) is 0 Å². The van der Waals surface area contributed by atoms with Crippen LogP contribution in [-0.4, -0.2) is 8.80 Å². The maximum absolute atomic E-state index is 2.32. The van der Waals surface area contributed by atoms with Gasteiger partial charge >= 0.3 is 0 Å². The molecule has 1 heteroatoms. The molecule has 1 radical (unpaired) electrons. The van der Waals surface area contributed by atoms with Crippen molar-refractivity contribution < 1.29 is 0 Å². The lowest BCUT2D eigenvalue weighted by Crippen LogP contribution is -2.12. The first kappa shape index (κ1) is 64.2. The van der Waals surface area contributed by atoms with Crippen LogP contribution in [0.15, 0.2) is 0 Å². The molecule has 0 N–H and O–H groups in total. The van der Waals surface area contributed by atoms with Gasteiger partial charge in [0, 0.05) is 8.80 Å². The highest BCUT2D eigenvalue weighted by molar-refractivity contribution is 6.58. The molecule has 0 spiro atoms.